The quantitative estimate of drug-likeness (QED) is 0.832. The molecule has 2 fully saturated rings. The Hall–Kier alpha value is -0.120. The monoisotopic (exact) mass is 254 g/mol. The van der Waals surface area contributed by atoms with Gasteiger partial charge in [-0.1, -0.05) is 26.2 Å². The van der Waals surface area contributed by atoms with Crippen LogP contribution in [0.1, 0.15) is 39.0 Å². The average molecular weight is 254 g/mol. The normalized spacial score (nSPS) is 37.7. The molecule has 1 N–H and O–H groups in total. The summed E-state index contributed by atoms with van der Waals surface area (Å²) in [6.45, 7) is 5.52. The number of aliphatic hydroxyl groups is 1. The molecule has 0 radical (unpaired) electrons. The maximum Gasteiger partial charge on any atom is 0.0735 e. The Morgan fingerprint density at radius 2 is 2.00 bits per heavy atom. The molecular formula is C15H30N2O. The average Bonchev–Trinajstić information content (AvgIpc) is 2.41. The maximum atomic E-state index is 10.7. The number of rotatable bonds is 3. The molecule has 1 heterocycles. The van der Waals surface area contributed by atoms with Crippen LogP contribution in [-0.2, 0) is 0 Å². The van der Waals surface area contributed by atoms with Gasteiger partial charge in [-0.2, -0.15) is 0 Å². The number of hydrogen-bond acceptors (Lipinski definition) is 3. The maximum absolute atomic E-state index is 10.7. The Balaban J connectivity index is 1.94. The van der Waals surface area contributed by atoms with Gasteiger partial charge in [0.2, 0.25) is 0 Å². The van der Waals surface area contributed by atoms with Gasteiger partial charge in [0.15, 0.2) is 0 Å². The van der Waals surface area contributed by atoms with Crippen LogP contribution < -0.4 is 0 Å². The molecule has 1 aliphatic heterocycles. The van der Waals surface area contributed by atoms with E-state index in [0.29, 0.717) is 12.0 Å². The SMILES string of the molecule is CCC1CCCC(C(O)C2CN(C)CCN2C)C1. The third-order valence-corrected chi connectivity index (χ3v) is 5.18. The Labute approximate surface area is 112 Å². The molecule has 18 heavy (non-hydrogen) atoms. The number of nitrogens with zero attached hydrogens (tertiary/aromatic N) is 2. The van der Waals surface area contributed by atoms with Crippen LogP contribution in [0, 0.1) is 11.8 Å². The van der Waals surface area contributed by atoms with Crippen LogP contribution >= 0.6 is 0 Å². The summed E-state index contributed by atoms with van der Waals surface area (Å²) in [6, 6.07) is 0.337. The van der Waals surface area contributed by atoms with Crippen molar-refractivity contribution in [3.05, 3.63) is 0 Å². The molecule has 0 bridgehead atoms. The van der Waals surface area contributed by atoms with Crippen LogP contribution in [0.2, 0.25) is 0 Å². The summed E-state index contributed by atoms with van der Waals surface area (Å²) in [7, 11) is 4.34. The molecule has 0 spiro atoms. The summed E-state index contributed by atoms with van der Waals surface area (Å²) in [5.74, 6) is 1.38. The Morgan fingerprint density at radius 3 is 2.72 bits per heavy atom. The van der Waals surface area contributed by atoms with E-state index < -0.39 is 0 Å². The first-order valence-corrected chi connectivity index (χ1v) is 7.68. The zero-order valence-electron chi connectivity index (χ0n) is 12.3. The highest BCUT2D eigenvalue weighted by Crippen LogP contribution is 2.34. The third kappa shape index (κ3) is 3.25. The van der Waals surface area contributed by atoms with E-state index >= 15 is 0 Å². The van der Waals surface area contributed by atoms with Crippen LogP contribution in [0.25, 0.3) is 0 Å². The summed E-state index contributed by atoms with van der Waals surface area (Å²) in [5, 5.41) is 10.7. The van der Waals surface area contributed by atoms with E-state index in [2.05, 4.69) is 30.8 Å². The second kappa shape index (κ2) is 6.36. The van der Waals surface area contributed by atoms with Crippen molar-refractivity contribution in [2.45, 2.75) is 51.2 Å². The van der Waals surface area contributed by atoms with Crippen molar-refractivity contribution < 1.29 is 5.11 Å². The lowest BCUT2D eigenvalue weighted by molar-refractivity contribution is -0.0301. The predicted octanol–water partition coefficient (Wildman–Crippen LogP) is 1.81. The first-order valence-electron chi connectivity index (χ1n) is 7.68. The molecular weight excluding hydrogens is 224 g/mol. The molecule has 0 aromatic carbocycles. The van der Waals surface area contributed by atoms with E-state index in [1.165, 1.54) is 32.1 Å². The summed E-state index contributed by atoms with van der Waals surface area (Å²) in [6.07, 6.45) is 6.31. The van der Waals surface area contributed by atoms with E-state index in [-0.39, 0.29) is 6.10 Å². The molecule has 1 aliphatic carbocycles. The fraction of sp³-hybridized carbons (Fsp3) is 1.00. The van der Waals surface area contributed by atoms with Gasteiger partial charge in [0, 0.05) is 25.7 Å². The van der Waals surface area contributed by atoms with Gasteiger partial charge in [0.05, 0.1) is 6.10 Å². The van der Waals surface area contributed by atoms with Gasteiger partial charge in [-0.25, -0.2) is 0 Å². The molecule has 0 aromatic rings. The first-order chi connectivity index (χ1) is 8.61. The lowest BCUT2D eigenvalue weighted by atomic mass is 9.76. The number of likely N-dealkylation sites (N-methyl/N-ethyl adjacent to an activating group) is 2. The molecule has 0 amide bonds. The lowest BCUT2D eigenvalue weighted by Gasteiger charge is -2.44. The lowest BCUT2D eigenvalue weighted by Crippen LogP contribution is -2.57. The number of piperazine rings is 1. The van der Waals surface area contributed by atoms with Crippen LogP contribution in [0.4, 0.5) is 0 Å². The molecule has 4 atom stereocenters. The Kier molecular flexibility index (Phi) is 5.05. The van der Waals surface area contributed by atoms with E-state index in [4.69, 9.17) is 0 Å². The summed E-state index contributed by atoms with van der Waals surface area (Å²) >= 11 is 0. The standard InChI is InChI=1S/C15H30N2O/c1-4-12-6-5-7-13(10-12)15(18)14-11-16(2)8-9-17(14)3/h12-15,18H,4-11H2,1-3H3. The van der Waals surface area contributed by atoms with Crippen molar-refractivity contribution in [3.8, 4) is 0 Å². The van der Waals surface area contributed by atoms with Crippen molar-refractivity contribution in [1.82, 2.24) is 9.80 Å². The van der Waals surface area contributed by atoms with E-state index in [1.54, 1.807) is 0 Å². The molecule has 2 aliphatic rings. The molecule has 1 saturated heterocycles. The number of hydrogen-bond donors (Lipinski definition) is 1. The molecule has 3 nitrogen and oxygen atoms in total. The molecule has 3 heteroatoms. The van der Waals surface area contributed by atoms with E-state index in [9.17, 15) is 5.11 Å². The molecule has 0 aromatic heterocycles. The van der Waals surface area contributed by atoms with Crippen molar-refractivity contribution in [3.63, 3.8) is 0 Å². The van der Waals surface area contributed by atoms with Gasteiger partial charge in [-0.05, 0) is 38.8 Å². The zero-order valence-corrected chi connectivity index (χ0v) is 12.3. The van der Waals surface area contributed by atoms with Crippen molar-refractivity contribution in [2.24, 2.45) is 11.8 Å². The molecule has 2 rings (SSSR count). The van der Waals surface area contributed by atoms with Crippen LogP contribution in [0.5, 0.6) is 0 Å². The molecule has 4 unspecified atom stereocenters. The van der Waals surface area contributed by atoms with E-state index in [0.717, 1.165) is 25.6 Å². The second-order valence-electron chi connectivity index (χ2n) is 6.50. The minimum absolute atomic E-state index is 0.132. The summed E-state index contributed by atoms with van der Waals surface area (Å²) in [5.41, 5.74) is 0. The largest absolute Gasteiger partial charge is 0.391 e. The third-order valence-electron chi connectivity index (χ3n) is 5.18. The Morgan fingerprint density at radius 1 is 1.22 bits per heavy atom. The molecule has 1 saturated carbocycles. The van der Waals surface area contributed by atoms with Crippen molar-refractivity contribution in [1.29, 1.82) is 0 Å². The van der Waals surface area contributed by atoms with Gasteiger partial charge in [0.25, 0.3) is 0 Å². The zero-order chi connectivity index (χ0) is 13.1. The molecule has 106 valence electrons. The minimum Gasteiger partial charge on any atom is -0.391 e. The predicted molar refractivity (Wildman–Crippen MR) is 75.7 cm³/mol. The smallest absolute Gasteiger partial charge is 0.0735 e. The topological polar surface area (TPSA) is 26.7 Å². The van der Waals surface area contributed by atoms with Crippen molar-refractivity contribution >= 4 is 0 Å². The van der Waals surface area contributed by atoms with Gasteiger partial charge in [-0.15, -0.1) is 0 Å². The Bertz CT molecular complexity index is 259. The second-order valence-corrected chi connectivity index (χ2v) is 6.50. The highest BCUT2D eigenvalue weighted by Gasteiger charge is 2.35. The van der Waals surface area contributed by atoms with Gasteiger partial charge < -0.3 is 10.0 Å². The highest BCUT2D eigenvalue weighted by molar-refractivity contribution is 4.90. The first kappa shape index (κ1) is 14.3. The van der Waals surface area contributed by atoms with Crippen molar-refractivity contribution in [2.75, 3.05) is 33.7 Å². The van der Waals surface area contributed by atoms with E-state index in [1.807, 2.05) is 0 Å². The number of aliphatic hydroxyl groups excluding tert-OH is 1. The minimum atomic E-state index is -0.132. The summed E-state index contributed by atoms with van der Waals surface area (Å²) < 4.78 is 0. The summed E-state index contributed by atoms with van der Waals surface area (Å²) in [4.78, 5) is 4.72. The fourth-order valence-electron chi connectivity index (χ4n) is 3.74. The van der Waals surface area contributed by atoms with Gasteiger partial charge >= 0.3 is 0 Å². The van der Waals surface area contributed by atoms with Crippen LogP contribution in [0.3, 0.4) is 0 Å². The highest BCUT2D eigenvalue weighted by atomic mass is 16.3. The van der Waals surface area contributed by atoms with Crippen LogP contribution in [-0.4, -0.2) is 60.8 Å². The van der Waals surface area contributed by atoms with Crippen LogP contribution in [0.15, 0.2) is 0 Å². The van der Waals surface area contributed by atoms with Gasteiger partial charge in [0.1, 0.15) is 0 Å². The fourth-order valence-corrected chi connectivity index (χ4v) is 3.74. The van der Waals surface area contributed by atoms with Gasteiger partial charge in [-0.3, -0.25) is 4.90 Å².